The third-order valence-corrected chi connectivity index (χ3v) is 13.3. The number of halogens is 1. The van der Waals surface area contributed by atoms with Gasteiger partial charge in [-0.05, 0) is 32.1 Å². The van der Waals surface area contributed by atoms with Gasteiger partial charge in [-0.15, -0.1) is 0 Å². The lowest BCUT2D eigenvalue weighted by Gasteiger charge is -2.28. The van der Waals surface area contributed by atoms with E-state index in [0.29, 0.717) is 0 Å². The van der Waals surface area contributed by atoms with Crippen LogP contribution in [-0.2, 0) is 0 Å². The second kappa shape index (κ2) is 31.4. The number of unbranched alkanes of at least 4 members (excludes halogenated alkanes) is 21. The zero-order chi connectivity index (χ0) is 25.0. The van der Waals surface area contributed by atoms with Crippen molar-refractivity contribution >= 4 is 7.26 Å². The lowest BCUT2D eigenvalue weighted by molar-refractivity contribution is -0.00000778. The zero-order valence-corrected chi connectivity index (χ0v) is 28.4. The van der Waals surface area contributed by atoms with Gasteiger partial charge in [0.2, 0.25) is 0 Å². The molecule has 0 aliphatic heterocycles. The molecule has 35 heavy (non-hydrogen) atoms. The van der Waals surface area contributed by atoms with Gasteiger partial charge in [0.25, 0.3) is 0 Å². The van der Waals surface area contributed by atoms with Crippen molar-refractivity contribution in [3.63, 3.8) is 0 Å². The summed E-state index contributed by atoms with van der Waals surface area (Å²) in [6, 6.07) is 0. The van der Waals surface area contributed by atoms with Crippen LogP contribution in [0.15, 0.2) is 0 Å². The lowest BCUT2D eigenvalue weighted by Crippen LogP contribution is -3.00. The van der Waals surface area contributed by atoms with E-state index in [1.54, 1.807) is 31.1 Å². The number of hydrogen-bond donors (Lipinski definition) is 0. The van der Waals surface area contributed by atoms with Crippen LogP contribution < -0.4 is 24.0 Å². The van der Waals surface area contributed by atoms with E-state index in [0.717, 1.165) is 0 Å². The molecule has 0 amide bonds. The third kappa shape index (κ3) is 26.5. The molecule has 0 radical (unpaired) electrons. The van der Waals surface area contributed by atoms with E-state index in [4.69, 9.17) is 0 Å². The molecular weight excluding hydrogens is 554 g/mol. The van der Waals surface area contributed by atoms with Gasteiger partial charge in [0.15, 0.2) is 0 Å². The molecule has 0 aromatic carbocycles. The molecule has 0 fully saturated rings. The maximum atomic E-state index is 2.38. The highest BCUT2D eigenvalue weighted by atomic mass is 127. The van der Waals surface area contributed by atoms with Crippen molar-refractivity contribution in [2.75, 3.05) is 24.6 Å². The summed E-state index contributed by atoms with van der Waals surface area (Å²) < 4.78 is 0. The second-order valence-corrected chi connectivity index (χ2v) is 16.1. The molecule has 0 heterocycles. The van der Waals surface area contributed by atoms with Crippen molar-refractivity contribution in [1.29, 1.82) is 0 Å². The minimum absolute atomic E-state index is 0. The van der Waals surface area contributed by atoms with Crippen LogP contribution in [0.5, 0.6) is 0 Å². The highest BCUT2D eigenvalue weighted by molar-refractivity contribution is 7.75. The van der Waals surface area contributed by atoms with Gasteiger partial charge in [-0.2, -0.15) is 0 Å². The first kappa shape index (κ1) is 38.3. The molecule has 0 nitrogen and oxygen atoms in total. The lowest BCUT2D eigenvalue weighted by atomic mass is 10.0. The van der Waals surface area contributed by atoms with E-state index in [2.05, 4.69) is 27.7 Å². The Kier molecular flexibility index (Phi) is 34.3. The molecule has 0 atom stereocenters. The van der Waals surface area contributed by atoms with E-state index >= 15 is 0 Å². The summed E-state index contributed by atoms with van der Waals surface area (Å²) in [5.74, 6) is 0. The molecule has 0 aromatic rings. The van der Waals surface area contributed by atoms with Gasteiger partial charge in [0.1, 0.15) is 0 Å². The highest BCUT2D eigenvalue weighted by Gasteiger charge is 2.34. The Bertz CT molecular complexity index is 344. The van der Waals surface area contributed by atoms with Crippen molar-refractivity contribution in [3.05, 3.63) is 0 Å². The van der Waals surface area contributed by atoms with Gasteiger partial charge >= 0.3 is 0 Å². The molecule has 0 rings (SSSR count). The molecule has 0 saturated heterocycles. The summed E-state index contributed by atoms with van der Waals surface area (Å²) >= 11 is 0. The fourth-order valence-electron chi connectivity index (χ4n) is 5.76. The van der Waals surface area contributed by atoms with Crippen LogP contribution in [0.3, 0.4) is 0 Å². The fourth-order valence-corrected chi connectivity index (χ4v) is 10.7. The SMILES string of the molecule is CCCCCCCCCCCCCCCCCC[P+](CCCCC)(CCCCC)CCCCC.[I-]. The molecule has 0 unspecified atom stereocenters. The quantitative estimate of drug-likeness (QED) is 0.0442. The monoisotopic (exact) mass is 624 g/mol. The van der Waals surface area contributed by atoms with Gasteiger partial charge in [-0.3, -0.25) is 0 Å². The van der Waals surface area contributed by atoms with Crippen LogP contribution in [0.4, 0.5) is 0 Å². The molecular formula is C33H70IP. The van der Waals surface area contributed by atoms with Gasteiger partial charge in [0, 0.05) is 7.26 Å². The summed E-state index contributed by atoms with van der Waals surface area (Å²) in [5, 5.41) is 0. The first-order chi connectivity index (χ1) is 16.7. The van der Waals surface area contributed by atoms with Crippen LogP contribution in [0, 0.1) is 0 Å². The number of hydrogen-bond acceptors (Lipinski definition) is 0. The van der Waals surface area contributed by atoms with Crippen LogP contribution in [0.25, 0.3) is 0 Å². The normalized spacial score (nSPS) is 11.7. The largest absolute Gasteiger partial charge is 1.00 e. The summed E-state index contributed by atoms with van der Waals surface area (Å²) in [7, 11) is -0.673. The first-order valence-corrected chi connectivity index (χ1v) is 19.1. The van der Waals surface area contributed by atoms with Gasteiger partial charge < -0.3 is 24.0 Å². The Labute approximate surface area is 243 Å². The molecule has 0 spiro atoms. The maximum absolute atomic E-state index is 2.38. The Morgan fingerprint density at radius 3 is 0.686 bits per heavy atom. The predicted octanol–water partition coefficient (Wildman–Crippen LogP) is 9.84. The standard InChI is InChI=1S/C33H70P.HI/c1-5-9-13-14-15-16-17-18-19-20-21-22-23-24-25-29-33-34(30-26-10-6-2,31-27-11-7-3)32-28-12-8-4;/h5-33H2,1-4H3;1H/q+1;/p-1. The van der Waals surface area contributed by atoms with E-state index in [-0.39, 0.29) is 24.0 Å². The minimum Gasteiger partial charge on any atom is -1.00 e. The van der Waals surface area contributed by atoms with Crippen molar-refractivity contribution in [3.8, 4) is 0 Å². The molecule has 2 heteroatoms. The molecule has 0 saturated carbocycles. The second-order valence-electron chi connectivity index (χ2n) is 11.7. The molecule has 0 bridgehead atoms. The summed E-state index contributed by atoms with van der Waals surface area (Å²) in [5.41, 5.74) is 0. The van der Waals surface area contributed by atoms with E-state index < -0.39 is 7.26 Å². The fraction of sp³-hybridized carbons (Fsp3) is 1.00. The molecule has 214 valence electrons. The molecule has 0 N–H and O–H groups in total. The van der Waals surface area contributed by atoms with Crippen molar-refractivity contribution in [1.82, 2.24) is 0 Å². The smallest absolute Gasteiger partial charge is 0.0594 e. The van der Waals surface area contributed by atoms with Crippen LogP contribution in [-0.4, -0.2) is 24.6 Å². The van der Waals surface area contributed by atoms with Crippen molar-refractivity contribution in [2.45, 2.75) is 188 Å². The molecule has 0 aliphatic carbocycles. The van der Waals surface area contributed by atoms with E-state index in [1.165, 1.54) is 154 Å². The summed E-state index contributed by atoms with van der Waals surface area (Å²) in [4.78, 5) is 0. The molecule has 0 aromatic heterocycles. The summed E-state index contributed by atoms with van der Waals surface area (Å²) in [6.45, 7) is 9.45. The van der Waals surface area contributed by atoms with Crippen molar-refractivity contribution in [2.24, 2.45) is 0 Å². The number of rotatable bonds is 29. The Morgan fingerprint density at radius 1 is 0.257 bits per heavy atom. The van der Waals surface area contributed by atoms with Crippen LogP contribution >= 0.6 is 7.26 Å². The minimum atomic E-state index is -0.673. The Morgan fingerprint density at radius 2 is 0.429 bits per heavy atom. The predicted molar refractivity (Wildman–Crippen MR) is 165 cm³/mol. The Hall–Kier alpha value is 1.16. The highest BCUT2D eigenvalue weighted by Crippen LogP contribution is 2.61. The van der Waals surface area contributed by atoms with Gasteiger partial charge in [-0.25, -0.2) is 0 Å². The summed E-state index contributed by atoms with van der Waals surface area (Å²) in [6.07, 6.45) is 43.5. The average Bonchev–Trinajstić information content (AvgIpc) is 2.84. The Balaban J connectivity index is 0. The topological polar surface area (TPSA) is 0 Å². The zero-order valence-electron chi connectivity index (χ0n) is 25.3. The maximum Gasteiger partial charge on any atom is 0.0594 e. The van der Waals surface area contributed by atoms with E-state index in [1.807, 2.05) is 0 Å². The first-order valence-electron chi connectivity index (χ1n) is 16.6. The van der Waals surface area contributed by atoms with Gasteiger partial charge in [-0.1, -0.05) is 156 Å². The van der Waals surface area contributed by atoms with Crippen molar-refractivity contribution < 1.29 is 24.0 Å². The van der Waals surface area contributed by atoms with Crippen LogP contribution in [0.2, 0.25) is 0 Å². The molecule has 0 aliphatic rings. The van der Waals surface area contributed by atoms with Crippen LogP contribution in [0.1, 0.15) is 188 Å². The van der Waals surface area contributed by atoms with E-state index in [9.17, 15) is 0 Å². The third-order valence-electron chi connectivity index (χ3n) is 8.19. The average molecular weight is 625 g/mol. The van der Waals surface area contributed by atoms with Gasteiger partial charge in [0.05, 0.1) is 24.6 Å².